The van der Waals surface area contributed by atoms with Crippen LogP contribution in [0, 0.1) is 5.92 Å². The van der Waals surface area contributed by atoms with E-state index in [1.54, 1.807) is 25.3 Å². The molecule has 0 aromatic heterocycles. The molecule has 0 atom stereocenters. The highest BCUT2D eigenvalue weighted by atomic mass is 16.5. The molecule has 1 amide bonds. The first-order valence-corrected chi connectivity index (χ1v) is 6.43. The largest absolute Gasteiger partial charge is 0.496 e. The maximum Gasteiger partial charge on any atom is 0.257 e. The summed E-state index contributed by atoms with van der Waals surface area (Å²) in [7, 11) is 1.54. The predicted octanol–water partition coefficient (Wildman–Crippen LogP) is 2.20. The molecule has 1 aliphatic rings. The smallest absolute Gasteiger partial charge is 0.257 e. The van der Waals surface area contributed by atoms with Gasteiger partial charge in [0.05, 0.1) is 7.11 Å². The molecule has 0 spiro atoms. The molecule has 4 heteroatoms. The highest BCUT2D eigenvalue weighted by Gasteiger charge is 2.19. The zero-order valence-electron chi connectivity index (χ0n) is 10.7. The van der Waals surface area contributed by atoms with Gasteiger partial charge in [0.25, 0.3) is 5.91 Å². The van der Waals surface area contributed by atoms with Gasteiger partial charge in [0.2, 0.25) is 0 Å². The topological polar surface area (TPSA) is 64.3 Å². The molecular formula is C14H20N2O2. The number of methoxy groups -OCH3 is 1. The number of hydrogen-bond acceptors (Lipinski definition) is 3. The van der Waals surface area contributed by atoms with Crippen LogP contribution in [0.15, 0.2) is 18.2 Å². The Morgan fingerprint density at radius 3 is 2.89 bits per heavy atom. The molecule has 0 aliphatic heterocycles. The summed E-state index contributed by atoms with van der Waals surface area (Å²) in [5, 5.41) is 2.91. The molecule has 4 nitrogen and oxygen atoms in total. The lowest BCUT2D eigenvalue weighted by molar-refractivity contribution is 0.0947. The monoisotopic (exact) mass is 248 g/mol. The van der Waals surface area contributed by atoms with Crippen LogP contribution in [0.3, 0.4) is 0 Å². The van der Waals surface area contributed by atoms with Gasteiger partial charge < -0.3 is 15.8 Å². The number of carbonyl (C=O) groups excluding carboxylic acids is 1. The fraction of sp³-hybridized carbons (Fsp3) is 0.500. The lowest BCUT2D eigenvalue weighted by Crippen LogP contribution is -2.28. The first-order chi connectivity index (χ1) is 8.72. The van der Waals surface area contributed by atoms with E-state index in [-0.39, 0.29) is 5.91 Å². The summed E-state index contributed by atoms with van der Waals surface area (Å²) in [6.45, 7) is 0.709. The van der Waals surface area contributed by atoms with Gasteiger partial charge in [0.1, 0.15) is 11.3 Å². The fourth-order valence-electron chi connectivity index (χ4n) is 2.22. The summed E-state index contributed by atoms with van der Waals surface area (Å²) in [5.41, 5.74) is 6.72. The number of nitrogens with two attached hydrogens (primary N) is 1. The van der Waals surface area contributed by atoms with Crippen LogP contribution < -0.4 is 15.8 Å². The van der Waals surface area contributed by atoms with Crippen molar-refractivity contribution in [2.24, 2.45) is 5.92 Å². The highest BCUT2D eigenvalue weighted by molar-refractivity contribution is 6.01. The van der Waals surface area contributed by atoms with Crippen molar-refractivity contribution in [1.82, 2.24) is 5.32 Å². The minimum Gasteiger partial charge on any atom is -0.496 e. The SMILES string of the molecule is COc1cccc(N)c1C(=O)NCCC1CCC1. The molecular weight excluding hydrogens is 228 g/mol. The van der Waals surface area contributed by atoms with E-state index >= 15 is 0 Å². The summed E-state index contributed by atoms with van der Waals surface area (Å²) in [6.07, 6.45) is 4.98. The second-order valence-corrected chi connectivity index (χ2v) is 4.77. The molecule has 2 rings (SSSR count). The van der Waals surface area contributed by atoms with E-state index in [9.17, 15) is 4.79 Å². The second kappa shape index (κ2) is 5.76. The van der Waals surface area contributed by atoms with Crippen LogP contribution in [0.2, 0.25) is 0 Å². The van der Waals surface area contributed by atoms with Crippen LogP contribution >= 0.6 is 0 Å². The molecule has 1 aliphatic carbocycles. The van der Waals surface area contributed by atoms with E-state index in [2.05, 4.69) is 5.32 Å². The van der Waals surface area contributed by atoms with Gasteiger partial charge in [-0.15, -0.1) is 0 Å². The van der Waals surface area contributed by atoms with Crippen molar-refractivity contribution in [1.29, 1.82) is 0 Å². The highest BCUT2D eigenvalue weighted by Crippen LogP contribution is 2.29. The number of carbonyl (C=O) groups is 1. The maximum absolute atomic E-state index is 12.1. The van der Waals surface area contributed by atoms with Crippen LogP contribution in [0.4, 0.5) is 5.69 Å². The Kier molecular flexibility index (Phi) is 4.07. The van der Waals surface area contributed by atoms with Crippen LogP contribution in [-0.4, -0.2) is 19.6 Å². The van der Waals surface area contributed by atoms with Crippen molar-refractivity contribution in [3.8, 4) is 5.75 Å². The van der Waals surface area contributed by atoms with E-state index in [1.165, 1.54) is 19.3 Å². The minimum atomic E-state index is -0.149. The molecule has 1 saturated carbocycles. The number of nitrogens with one attached hydrogen (secondary N) is 1. The van der Waals surface area contributed by atoms with Gasteiger partial charge in [0, 0.05) is 12.2 Å². The number of amides is 1. The summed E-state index contributed by atoms with van der Waals surface area (Å²) in [5.74, 6) is 1.17. The van der Waals surface area contributed by atoms with Crippen LogP contribution in [0.5, 0.6) is 5.75 Å². The third-order valence-corrected chi connectivity index (χ3v) is 3.57. The first kappa shape index (κ1) is 12.7. The molecule has 1 aromatic carbocycles. The van der Waals surface area contributed by atoms with Gasteiger partial charge in [0.15, 0.2) is 0 Å². The zero-order chi connectivity index (χ0) is 13.0. The Labute approximate surface area is 108 Å². The Bertz CT molecular complexity index is 428. The van der Waals surface area contributed by atoms with Gasteiger partial charge in [-0.2, -0.15) is 0 Å². The first-order valence-electron chi connectivity index (χ1n) is 6.43. The predicted molar refractivity (Wildman–Crippen MR) is 71.7 cm³/mol. The summed E-state index contributed by atoms with van der Waals surface area (Å²) >= 11 is 0. The normalized spacial score (nSPS) is 14.9. The van der Waals surface area contributed by atoms with Gasteiger partial charge >= 0.3 is 0 Å². The maximum atomic E-state index is 12.1. The molecule has 0 unspecified atom stereocenters. The Morgan fingerprint density at radius 1 is 1.50 bits per heavy atom. The number of nitrogen functional groups attached to an aromatic ring is 1. The van der Waals surface area contributed by atoms with Crippen molar-refractivity contribution in [2.45, 2.75) is 25.7 Å². The van der Waals surface area contributed by atoms with Crippen molar-refractivity contribution in [2.75, 3.05) is 19.4 Å². The third kappa shape index (κ3) is 2.75. The average molecular weight is 248 g/mol. The Hall–Kier alpha value is -1.71. The number of benzene rings is 1. The van der Waals surface area contributed by atoms with Crippen molar-refractivity contribution >= 4 is 11.6 Å². The molecule has 0 heterocycles. The minimum absolute atomic E-state index is 0.149. The number of rotatable bonds is 5. The summed E-state index contributed by atoms with van der Waals surface area (Å²) < 4.78 is 5.17. The van der Waals surface area contributed by atoms with Crippen LogP contribution in [-0.2, 0) is 0 Å². The Morgan fingerprint density at radius 2 is 2.28 bits per heavy atom. The van der Waals surface area contributed by atoms with Crippen molar-refractivity contribution < 1.29 is 9.53 Å². The molecule has 0 saturated heterocycles. The van der Waals surface area contributed by atoms with Gasteiger partial charge in [-0.1, -0.05) is 25.3 Å². The lowest BCUT2D eigenvalue weighted by Gasteiger charge is -2.25. The van der Waals surface area contributed by atoms with E-state index < -0.39 is 0 Å². The molecule has 0 bridgehead atoms. The summed E-state index contributed by atoms with van der Waals surface area (Å²) in [4.78, 5) is 12.1. The van der Waals surface area contributed by atoms with Crippen LogP contribution in [0.1, 0.15) is 36.0 Å². The zero-order valence-corrected chi connectivity index (χ0v) is 10.7. The van der Waals surface area contributed by atoms with Gasteiger partial charge in [-0.3, -0.25) is 4.79 Å². The quantitative estimate of drug-likeness (QED) is 0.785. The van der Waals surface area contributed by atoms with Gasteiger partial charge in [-0.25, -0.2) is 0 Å². The second-order valence-electron chi connectivity index (χ2n) is 4.77. The number of ether oxygens (including phenoxy) is 1. The van der Waals surface area contributed by atoms with E-state index in [4.69, 9.17) is 10.5 Å². The lowest BCUT2D eigenvalue weighted by atomic mass is 9.83. The number of anilines is 1. The molecule has 0 radical (unpaired) electrons. The molecule has 1 aromatic rings. The van der Waals surface area contributed by atoms with Crippen LogP contribution in [0.25, 0.3) is 0 Å². The Balaban J connectivity index is 1.94. The molecule has 98 valence electrons. The third-order valence-electron chi connectivity index (χ3n) is 3.57. The molecule has 3 N–H and O–H groups in total. The molecule has 1 fully saturated rings. The van der Waals surface area contributed by atoms with Crippen molar-refractivity contribution in [3.05, 3.63) is 23.8 Å². The van der Waals surface area contributed by atoms with E-state index in [0.717, 1.165) is 12.3 Å². The summed E-state index contributed by atoms with van der Waals surface area (Å²) in [6, 6.07) is 5.24. The molecule has 18 heavy (non-hydrogen) atoms. The van der Waals surface area contributed by atoms with Crippen molar-refractivity contribution in [3.63, 3.8) is 0 Å². The standard InChI is InChI=1S/C14H20N2O2/c1-18-12-7-3-6-11(15)13(12)14(17)16-9-8-10-4-2-5-10/h3,6-7,10H,2,4-5,8-9,15H2,1H3,(H,16,17). The average Bonchev–Trinajstić information content (AvgIpc) is 2.31. The van der Waals surface area contributed by atoms with Gasteiger partial charge in [-0.05, 0) is 24.5 Å². The van der Waals surface area contributed by atoms with E-state index in [1.807, 2.05) is 0 Å². The number of hydrogen-bond donors (Lipinski definition) is 2. The fourth-order valence-corrected chi connectivity index (χ4v) is 2.22. The van der Waals surface area contributed by atoms with E-state index in [0.29, 0.717) is 23.5 Å².